The maximum atomic E-state index is 10.7. The summed E-state index contributed by atoms with van der Waals surface area (Å²) in [6.45, 7) is 4.07. The van der Waals surface area contributed by atoms with Crippen LogP contribution in [0.1, 0.15) is 30.1 Å². The Labute approximate surface area is 119 Å². The van der Waals surface area contributed by atoms with E-state index >= 15 is 0 Å². The average Bonchev–Trinajstić information content (AvgIpc) is 3.00. The molecule has 1 atom stereocenters. The molecule has 2 aromatic rings. The molecule has 5 nitrogen and oxygen atoms in total. The van der Waals surface area contributed by atoms with E-state index in [0.29, 0.717) is 0 Å². The van der Waals surface area contributed by atoms with Crippen LogP contribution in [-0.2, 0) is 4.79 Å². The Morgan fingerprint density at radius 1 is 1.58 bits per heavy atom. The fraction of sp³-hybridized carbons (Fsp3) is 0.417. The van der Waals surface area contributed by atoms with Crippen LogP contribution in [0.15, 0.2) is 22.9 Å². The lowest BCUT2D eigenvalue weighted by molar-refractivity contribution is -0.133. The SMILES string of the molecule is CCC(c1nccs1)n1c(C)cnc1SCC(=O)O. The van der Waals surface area contributed by atoms with E-state index in [9.17, 15) is 4.79 Å². The van der Waals surface area contributed by atoms with E-state index in [2.05, 4.69) is 21.5 Å². The average molecular weight is 297 g/mol. The number of aryl methyl sites for hydroxylation is 1. The van der Waals surface area contributed by atoms with Crippen LogP contribution in [0.25, 0.3) is 0 Å². The van der Waals surface area contributed by atoms with E-state index in [1.54, 1.807) is 23.7 Å². The summed E-state index contributed by atoms with van der Waals surface area (Å²) >= 11 is 2.86. The van der Waals surface area contributed by atoms with Gasteiger partial charge in [0.2, 0.25) is 0 Å². The Hall–Kier alpha value is -1.34. The van der Waals surface area contributed by atoms with Crippen LogP contribution in [0.3, 0.4) is 0 Å². The van der Waals surface area contributed by atoms with Crippen molar-refractivity contribution in [1.29, 1.82) is 0 Å². The number of thiazole rings is 1. The van der Waals surface area contributed by atoms with E-state index in [1.165, 1.54) is 11.8 Å². The first-order valence-electron chi connectivity index (χ1n) is 5.91. The van der Waals surface area contributed by atoms with Gasteiger partial charge in [0.05, 0.1) is 11.8 Å². The maximum absolute atomic E-state index is 10.7. The molecule has 102 valence electrons. The minimum absolute atomic E-state index is 0.0186. The summed E-state index contributed by atoms with van der Waals surface area (Å²) in [5, 5.41) is 12.5. The molecule has 0 aliphatic rings. The third-order valence-corrected chi connectivity index (χ3v) is 4.54. The first-order chi connectivity index (χ1) is 9.13. The van der Waals surface area contributed by atoms with Crippen LogP contribution < -0.4 is 0 Å². The van der Waals surface area contributed by atoms with Gasteiger partial charge in [0.1, 0.15) is 5.01 Å². The van der Waals surface area contributed by atoms with Gasteiger partial charge in [0.25, 0.3) is 0 Å². The number of rotatable bonds is 6. The van der Waals surface area contributed by atoms with Gasteiger partial charge >= 0.3 is 5.97 Å². The summed E-state index contributed by atoms with van der Waals surface area (Å²) in [4.78, 5) is 19.4. The minimum Gasteiger partial charge on any atom is -0.481 e. The van der Waals surface area contributed by atoms with E-state index in [1.807, 2.05) is 12.3 Å². The van der Waals surface area contributed by atoms with E-state index < -0.39 is 5.97 Å². The first-order valence-corrected chi connectivity index (χ1v) is 7.77. The van der Waals surface area contributed by atoms with Crippen LogP contribution in [0.5, 0.6) is 0 Å². The van der Waals surface area contributed by atoms with Gasteiger partial charge in [-0.25, -0.2) is 9.97 Å². The van der Waals surface area contributed by atoms with Crippen LogP contribution in [0.4, 0.5) is 0 Å². The van der Waals surface area contributed by atoms with Gasteiger partial charge < -0.3 is 9.67 Å². The molecule has 0 amide bonds. The number of carboxylic acid groups (broad SMARTS) is 1. The Kier molecular flexibility index (Phi) is 4.60. The zero-order valence-corrected chi connectivity index (χ0v) is 12.4. The zero-order chi connectivity index (χ0) is 13.8. The van der Waals surface area contributed by atoms with Gasteiger partial charge in [-0.05, 0) is 13.3 Å². The number of aromatic nitrogens is 3. The van der Waals surface area contributed by atoms with Crippen LogP contribution in [0, 0.1) is 6.92 Å². The molecule has 0 saturated heterocycles. The highest BCUT2D eigenvalue weighted by Gasteiger charge is 2.20. The maximum Gasteiger partial charge on any atom is 0.313 e. The molecule has 2 aromatic heterocycles. The Balaban J connectivity index is 2.31. The zero-order valence-electron chi connectivity index (χ0n) is 10.7. The van der Waals surface area contributed by atoms with Crippen molar-refractivity contribution in [3.05, 3.63) is 28.5 Å². The van der Waals surface area contributed by atoms with Crippen molar-refractivity contribution >= 4 is 29.1 Å². The van der Waals surface area contributed by atoms with Gasteiger partial charge in [-0.2, -0.15) is 0 Å². The lowest BCUT2D eigenvalue weighted by Crippen LogP contribution is -2.13. The number of nitrogens with zero attached hydrogens (tertiary/aromatic N) is 3. The molecule has 19 heavy (non-hydrogen) atoms. The van der Waals surface area contributed by atoms with Gasteiger partial charge in [-0.3, -0.25) is 4.79 Å². The molecule has 1 N–H and O–H groups in total. The summed E-state index contributed by atoms with van der Waals surface area (Å²) in [5.74, 6) is -0.815. The molecule has 0 fully saturated rings. The first kappa shape index (κ1) is 14.1. The summed E-state index contributed by atoms with van der Waals surface area (Å²) in [5.41, 5.74) is 1.02. The van der Waals surface area contributed by atoms with Gasteiger partial charge in [-0.15, -0.1) is 11.3 Å². The van der Waals surface area contributed by atoms with Crippen molar-refractivity contribution in [2.24, 2.45) is 0 Å². The Bertz CT molecular complexity index is 551. The van der Waals surface area contributed by atoms with Crippen molar-refractivity contribution < 1.29 is 9.90 Å². The van der Waals surface area contributed by atoms with Gasteiger partial charge in [0, 0.05) is 23.5 Å². The predicted octanol–water partition coefficient (Wildman–Crippen LogP) is 2.82. The van der Waals surface area contributed by atoms with Crippen LogP contribution in [0.2, 0.25) is 0 Å². The third-order valence-electron chi connectivity index (χ3n) is 2.71. The number of aliphatic carboxylic acids is 1. The van der Waals surface area contributed by atoms with Crippen molar-refractivity contribution in [2.45, 2.75) is 31.5 Å². The highest BCUT2D eigenvalue weighted by Crippen LogP contribution is 2.30. The van der Waals surface area contributed by atoms with Gasteiger partial charge in [-0.1, -0.05) is 18.7 Å². The molecular formula is C12H15N3O2S2. The highest BCUT2D eigenvalue weighted by atomic mass is 32.2. The van der Waals surface area contributed by atoms with E-state index in [-0.39, 0.29) is 11.8 Å². The minimum atomic E-state index is -0.834. The van der Waals surface area contributed by atoms with Crippen LogP contribution in [-0.4, -0.2) is 31.4 Å². The molecule has 0 spiro atoms. The van der Waals surface area contributed by atoms with E-state index in [0.717, 1.165) is 22.3 Å². The summed E-state index contributed by atoms with van der Waals surface area (Å²) in [6.07, 6.45) is 4.46. The second kappa shape index (κ2) is 6.21. The summed E-state index contributed by atoms with van der Waals surface area (Å²) < 4.78 is 2.08. The van der Waals surface area contributed by atoms with Crippen molar-refractivity contribution in [2.75, 3.05) is 5.75 Å². The second-order valence-electron chi connectivity index (χ2n) is 4.03. The van der Waals surface area contributed by atoms with Crippen molar-refractivity contribution in [3.8, 4) is 0 Å². The molecule has 0 aliphatic heterocycles. The third kappa shape index (κ3) is 3.16. The molecule has 0 aliphatic carbocycles. The molecule has 7 heteroatoms. The lowest BCUT2D eigenvalue weighted by Gasteiger charge is -2.18. The van der Waals surface area contributed by atoms with Crippen molar-refractivity contribution in [1.82, 2.24) is 14.5 Å². The molecule has 0 bridgehead atoms. The topological polar surface area (TPSA) is 68.0 Å². The largest absolute Gasteiger partial charge is 0.481 e. The van der Waals surface area contributed by atoms with Gasteiger partial charge in [0.15, 0.2) is 5.16 Å². The number of carboxylic acids is 1. The molecule has 2 rings (SSSR count). The van der Waals surface area contributed by atoms with E-state index in [4.69, 9.17) is 5.11 Å². The number of thioether (sulfide) groups is 1. The summed E-state index contributed by atoms with van der Waals surface area (Å²) in [6, 6.07) is 0.124. The molecule has 2 heterocycles. The number of hydrogen-bond donors (Lipinski definition) is 1. The molecule has 0 saturated carbocycles. The van der Waals surface area contributed by atoms with Crippen LogP contribution >= 0.6 is 23.1 Å². The predicted molar refractivity (Wildman–Crippen MR) is 75.9 cm³/mol. The normalized spacial score (nSPS) is 12.5. The molecule has 1 unspecified atom stereocenters. The van der Waals surface area contributed by atoms with Crippen molar-refractivity contribution in [3.63, 3.8) is 0 Å². The Morgan fingerprint density at radius 2 is 2.37 bits per heavy atom. The summed E-state index contributed by atoms with van der Waals surface area (Å²) in [7, 11) is 0. The molecule has 0 radical (unpaired) electrons. The quantitative estimate of drug-likeness (QED) is 0.830. The fourth-order valence-electron chi connectivity index (χ4n) is 1.90. The number of hydrogen-bond acceptors (Lipinski definition) is 5. The fourth-order valence-corrected chi connectivity index (χ4v) is 3.50. The lowest BCUT2D eigenvalue weighted by atomic mass is 10.2. The second-order valence-corrected chi connectivity index (χ2v) is 5.90. The number of imidazole rings is 1. The highest BCUT2D eigenvalue weighted by molar-refractivity contribution is 7.99. The smallest absolute Gasteiger partial charge is 0.313 e. The Morgan fingerprint density at radius 3 is 2.95 bits per heavy atom. The molecular weight excluding hydrogens is 282 g/mol. The number of carbonyl (C=O) groups is 1. The monoisotopic (exact) mass is 297 g/mol. The standard InChI is InChI=1S/C12H15N3O2S2/c1-3-9(11-13-4-5-18-11)15-8(2)6-14-12(15)19-7-10(16)17/h4-6,9H,3,7H2,1-2H3,(H,16,17). The molecule has 0 aromatic carbocycles.